The summed E-state index contributed by atoms with van der Waals surface area (Å²) in [6, 6.07) is 8.27. The third-order valence-corrected chi connectivity index (χ3v) is 6.94. The zero-order valence-corrected chi connectivity index (χ0v) is 21.8. The molecule has 1 aromatic heterocycles. The van der Waals surface area contributed by atoms with Crippen LogP contribution < -0.4 is 20.7 Å². The molecule has 1 saturated heterocycles. The van der Waals surface area contributed by atoms with E-state index in [1.54, 1.807) is 24.3 Å². The number of nitrogens with one attached hydrogen (secondary N) is 2. The second kappa shape index (κ2) is 10.4. The number of hydrogen-bond acceptors (Lipinski definition) is 8. The number of aromatic nitrogens is 2. The molecule has 9 nitrogen and oxygen atoms in total. The Morgan fingerprint density at radius 2 is 1.87 bits per heavy atom. The van der Waals surface area contributed by atoms with Gasteiger partial charge >= 0.3 is 0 Å². The Hall–Kier alpha value is -3.99. The molecule has 3 heterocycles. The maximum Gasteiger partial charge on any atom is 0.227 e. The van der Waals surface area contributed by atoms with Crippen molar-refractivity contribution in [3.05, 3.63) is 53.7 Å². The number of nitrogens with two attached hydrogens (primary N) is 1. The molecule has 5 rings (SSSR count). The monoisotopic (exact) mass is 526 g/mol. The predicted octanol–water partition coefficient (Wildman–Crippen LogP) is 4.42. The molecular weight excluding hydrogens is 490 g/mol. The van der Waals surface area contributed by atoms with Gasteiger partial charge in [-0.2, -0.15) is 0 Å². The Bertz CT molecular complexity index is 1370. The Labute approximate surface area is 223 Å². The van der Waals surface area contributed by atoms with Crippen LogP contribution in [0.4, 0.5) is 31.8 Å². The first-order chi connectivity index (χ1) is 18.2. The molecule has 0 spiro atoms. The molecule has 0 radical (unpaired) electrons. The molecule has 4 N–H and O–H groups in total. The van der Waals surface area contributed by atoms with E-state index in [2.05, 4.69) is 27.2 Å². The van der Waals surface area contributed by atoms with Gasteiger partial charge in [-0.1, -0.05) is 0 Å². The van der Waals surface area contributed by atoms with Crippen molar-refractivity contribution in [2.45, 2.75) is 19.9 Å². The lowest BCUT2D eigenvalue weighted by Crippen LogP contribution is -2.47. The Morgan fingerprint density at radius 1 is 1.11 bits per heavy atom. The third-order valence-electron chi connectivity index (χ3n) is 6.94. The highest BCUT2D eigenvalue weighted by molar-refractivity contribution is 6.02. The Morgan fingerprint density at radius 3 is 2.61 bits per heavy atom. The normalized spacial score (nSPS) is 15.8. The van der Waals surface area contributed by atoms with Crippen LogP contribution in [0.3, 0.4) is 0 Å². The molecule has 11 heteroatoms. The standard InChI is InChI=1S/C27H32F2N8O.2H2/c1-16(2)37-10-11-38-25-20(28)12-17(13-23(25)37)24-21(29)15-32-27(34-24)33-18-4-5-22(30)19(14-18)26(31)36-8-6-35(3)7-9-36;;/h4-5,12-16,31H,6-11,30H2,1-3H3,(H,32,33,34);2*1H. The molecule has 1 fully saturated rings. The Kier molecular flexibility index (Phi) is 7.02. The number of piperazine rings is 1. The van der Waals surface area contributed by atoms with Crippen LogP contribution in [0.1, 0.15) is 22.3 Å². The summed E-state index contributed by atoms with van der Waals surface area (Å²) in [6.07, 6.45) is 1.06. The van der Waals surface area contributed by atoms with Gasteiger partial charge in [0.05, 0.1) is 18.4 Å². The quantitative estimate of drug-likeness (QED) is 0.255. The van der Waals surface area contributed by atoms with Gasteiger partial charge in [-0.3, -0.25) is 5.41 Å². The fraction of sp³-hybridized carbons (Fsp3) is 0.370. The molecule has 0 amide bonds. The van der Waals surface area contributed by atoms with E-state index in [0.717, 1.165) is 32.4 Å². The topological polar surface area (TPSA) is 107 Å². The highest BCUT2D eigenvalue weighted by Crippen LogP contribution is 2.39. The number of ether oxygens (including phenoxy) is 1. The van der Waals surface area contributed by atoms with Crippen LogP contribution in [0.5, 0.6) is 5.75 Å². The van der Waals surface area contributed by atoms with Crippen LogP contribution in [0.15, 0.2) is 36.5 Å². The highest BCUT2D eigenvalue weighted by Gasteiger charge is 2.26. The predicted molar refractivity (Wildman–Crippen MR) is 150 cm³/mol. The van der Waals surface area contributed by atoms with Gasteiger partial charge in [0.1, 0.15) is 18.1 Å². The summed E-state index contributed by atoms with van der Waals surface area (Å²) in [5.41, 5.74) is 8.71. The lowest BCUT2D eigenvalue weighted by molar-refractivity contribution is 0.215. The van der Waals surface area contributed by atoms with Crippen LogP contribution in [-0.2, 0) is 0 Å². The highest BCUT2D eigenvalue weighted by atomic mass is 19.1. The zero-order chi connectivity index (χ0) is 27.0. The van der Waals surface area contributed by atoms with E-state index in [1.165, 1.54) is 6.07 Å². The van der Waals surface area contributed by atoms with Crippen molar-refractivity contribution >= 4 is 28.8 Å². The number of nitrogens with zero attached hydrogens (tertiary/aromatic N) is 5. The minimum atomic E-state index is -0.669. The van der Waals surface area contributed by atoms with Crippen LogP contribution in [0, 0.1) is 17.0 Å². The minimum absolute atomic E-state index is 0. The number of rotatable bonds is 5. The van der Waals surface area contributed by atoms with E-state index >= 15 is 0 Å². The van der Waals surface area contributed by atoms with Crippen LogP contribution in [0.25, 0.3) is 11.3 Å². The van der Waals surface area contributed by atoms with Gasteiger partial charge in [-0.05, 0) is 51.2 Å². The van der Waals surface area contributed by atoms with Gasteiger partial charge in [0.2, 0.25) is 5.95 Å². The number of amidine groups is 1. The largest absolute Gasteiger partial charge is 0.486 e. The fourth-order valence-electron chi connectivity index (χ4n) is 4.77. The summed E-state index contributed by atoms with van der Waals surface area (Å²) in [5, 5.41) is 11.8. The zero-order valence-electron chi connectivity index (χ0n) is 21.8. The molecule has 0 bridgehead atoms. The van der Waals surface area contributed by atoms with Crippen molar-refractivity contribution in [2.24, 2.45) is 0 Å². The van der Waals surface area contributed by atoms with Gasteiger partial charge in [0.15, 0.2) is 17.4 Å². The number of benzene rings is 2. The SMILES string of the molecule is CC(C)N1CCOc2c(F)cc(-c3nc(Nc4ccc(N)c(C(=N)N5CCN(C)CC5)c4)ncc3F)cc21.[HH].[HH]. The summed E-state index contributed by atoms with van der Waals surface area (Å²) in [4.78, 5) is 14.7. The van der Waals surface area contributed by atoms with E-state index in [4.69, 9.17) is 15.9 Å². The maximum atomic E-state index is 15.0. The average molecular weight is 527 g/mol. The molecule has 0 unspecified atom stereocenters. The van der Waals surface area contributed by atoms with Crippen molar-refractivity contribution in [1.82, 2.24) is 19.8 Å². The third kappa shape index (κ3) is 5.06. The van der Waals surface area contributed by atoms with Crippen LogP contribution in [0.2, 0.25) is 0 Å². The second-order valence-corrected chi connectivity index (χ2v) is 9.90. The number of nitrogen functional groups attached to an aromatic ring is 1. The van der Waals surface area contributed by atoms with Gasteiger partial charge in [-0.15, -0.1) is 0 Å². The second-order valence-electron chi connectivity index (χ2n) is 9.90. The molecule has 3 aromatic rings. The van der Waals surface area contributed by atoms with Crippen LogP contribution >= 0.6 is 0 Å². The summed E-state index contributed by atoms with van der Waals surface area (Å²) in [7, 11) is 2.06. The maximum absolute atomic E-state index is 15.0. The number of halogens is 2. The lowest BCUT2D eigenvalue weighted by Gasteiger charge is -2.34. The van der Waals surface area contributed by atoms with Gasteiger partial charge < -0.3 is 30.5 Å². The van der Waals surface area contributed by atoms with Crippen molar-refractivity contribution in [3.63, 3.8) is 0 Å². The molecule has 2 aliphatic rings. The molecule has 0 saturated carbocycles. The van der Waals surface area contributed by atoms with Crippen LogP contribution in [-0.4, -0.2) is 78.0 Å². The van der Waals surface area contributed by atoms with Gasteiger partial charge in [0, 0.05) is 57.6 Å². The Balaban J connectivity index is 0.00000220. The summed E-state index contributed by atoms with van der Waals surface area (Å²) in [5.74, 6) is -0.586. The van der Waals surface area contributed by atoms with Gasteiger partial charge in [0.25, 0.3) is 0 Å². The van der Waals surface area contributed by atoms with Crippen molar-refractivity contribution in [2.75, 3.05) is 62.3 Å². The molecular formula is C27H36F2N8O. The molecule has 2 aromatic carbocycles. The fourth-order valence-corrected chi connectivity index (χ4v) is 4.77. The first kappa shape index (κ1) is 25.7. The van der Waals surface area contributed by atoms with E-state index < -0.39 is 11.6 Å². The first-order valence-electron chi connectivity index (χ1n) is 12.7. The number of hydrogen-bond donors (Lipinski definition) is 3. The van der Waals surface area contributed by atoms with E-state index in [0.29, 0.717) is 41.6 Å². The van der Waals surface area contributed by atoms with Crippen molar-refractivity contribution in [1.29, 1.82) is 5.41 Å². The number of fused-ring (bicyclic) bond motifs is 1. The van der Waals surface area contributed by atoms with E-state index in [9.17, 15) is 8.78 Å². The molecule has 0 atom stereocenters. The molecule has 2 aliphatic heterocycles. The average Bonchev–Trinajstić information content (AvgIpc) is 2.90. The summed E-state index contributed by atoms with van der Waals surface area (Å²) < 4.78 is 35.4. The van der Waals surface area contributed by atoms with E-state index in [-0.39, 0.29) is 31.9 Å². The number of likely N-dealkylation sites (N-methyl/N-ethyl adjacent to an activating group) is 1. The molecule has 38 heavy (non-hydrogen) atoms. The minimum Gasteiger partial charge on any atom is -0.486 e. The molecule has 204 valence electrons. The van der Waals surface area contributed by atoms with E-state index in [1.807, 2.05) is 23.6 Å². The number of anilines is 4. The summed E-state index contributed by atoms with van der Waals surface area (Å²) >= 11 is 0. The van der Waals surface area contributed by atoms with Crippen molar-refractivity contribution in [3.8, 4) is 17.0 Å². The van der Waals surface area contributed by atoms with Gasteiger partial charge in [-0.25, -0.2) is 18.7 Å². The van der Waals surface area contributed by atoms with Crippen molar-refractivity contribution < 1.29 is 16.4 Å². The smallest absolute Gasteiger partial charge is 0.227 e. The molecule has 0 aliphatic carbocycles. The summed E-state index contributed by atoms with van der Waals surface area (Å²) in [6.45, 7) is 8.24. The lowest BCUT2D eigenvalue weighted by atomic mass is 10.1. The first-order valence-corrected chi connectivity index (χ1v) is 12.7.